The van der Waals surface area contributed by atoms with Gasteiger partial charge in [0.2, 0.25) is 0 Å². The Kier molecular flexibility index (Phi) is 4.63. The Morgan fingerprint density at radius 2 is 1.74 bits per heavy atom. The van der Waals surface area contributed by atoms with Crippen molar-refractivity contribution in [3.8, 4) is 0 Å². The third kappa shape index (κ3) is 3.20. The molecule has 3 heteroatoms. The second-order valence-electron chi connectivity index (χ2n) is 8.45. The van der Waals surface area contributed by atoms with E-state index in [0.717, 1.165) is 17.4 Å². The predicted molar refractivity (Wildman–Crippen MR) is 108 cm³/mol. The van der Waals surface area contributed by atoms with Gasteiger partial charge in [-0.2, -0.15) is 4.79 Å². The van der Waals surface area contributed by atoms with Gasteiger partial charge in [-0.25, -0.2) is 0 Å². The van der Waals surface area contributed by atoms with E-state index in [2.05, 4.69) is 57.2 Å². The molecule has 0 bridgehead atoms. The van der Waals surface area contributed by atoms with E-state index >= 15 is 0 Å². The molecule has 140 valence electrons. The molecular weight excluding hydrogens is 334 g/mol. The number of benzene rings is 2. The van der Waals surface area contributed by atoms with Gasteiger partial charge in [0, 0.05) is 23.3 Å². The van der Waals surface area contributed by atoms with Gasteiger partial charge < -0.3 is 4.42 Å². The van der Waals surface area contributed by atoms with Crippen LogP contribution in [-0.4, -0.2) is 0 Å². The van der Waals surface area contributed by atoms with Crippen molar-refractivity contribution in [3.63, 3.8) is 0 Å². The number of fused-ring (bicyclic) bond motifs is 1. The summed E-state index contributed by atoms with van der Waals surface area (Å²) in [6.07, 6.45) is 6.68. The molecule has 0 N–H and O–H groups in total. The SMILES string of the molecule is CC1CCCCC1[n+]1cc2cccc(C(C)(C)c3ccccc3)c2oc1=O. The molecule has 1 heterocycles. The highest BCUT2D eigenvalue weighted by molar-refractivity contribution is 5.80. The van der Waals surface area contributed by atoms with E-state index in [1.54, 1.807) is 0 Å². The molecular formula is C24H28NO2+. The average molecular weight is 362 g/mol. The maximum atomic E-state index is 12.9. The standard InChI is InChI=1S/C24H28NO2/c1-17-10-7-8-15-21(17)25-16-18-11-9-14-20(22(18)27-23(25)26)24(2,3)19-12-5-4-6-13-19/h4-6,9,11-14,16-17,21H,7-8,10,15H2,1-3H3/q+1. The first-order valence-electron chi connectivity index (χ1n) is 10.0. The molecule has 0 radical (unpaired) electrons. The van der Waals surface area contributed by atoms with Crippen LogP contribution in [0.4, 0.5) is 0 Å². The van der Waals surface area contributed by atoms with Gasteiger partial charge >= 0.3 is 5.76 Å². The Labute approximate surface area is 160 Å². The van der Waals surface area contributed by atoms with E-state index in [0.29, 0.717) is 11.5 Å². The van der Waals surface area contributed by atoms with Crippen molar-refractivity contribution in [2.75, 3.05) is 0 Å². The van der Waals surface area contributed by atoms with Crippen LogP contribution in [0.15, 0.2) is 63.9 Å². The lowest BCUT2D eigenvalue weighted by Crippen LogP contribution is -2.55. The Morgan fingerprint density at radius 1 is 1.00 bits per heavy atom. The van der Waals surface area contributed by atoms with Gasteiger partial charge in [-0.05, 0) is 24.5 Å². The van der Waals surface area contributed by atoms with Crippen LogP contribution in [-0.2, 0) is 5.41 Å². The molecule has 27 heavy (non-hydrogen) atoms. The summed E-state index contributed by atoms with van der Waals surface area (Å²) in [5, 5.41) is 0.994. The molecule has 4 rings (SSSR count). The van der Waals surface area contributed by atoms with Crippen molar-refractivity contribution in [2.45, 2.75) is 57.9 Å². The van der Waals surface area contributed by atoms with Gasteiger partial charge in [-0.15, -0.1) is 4.57 Å². The molecule has 3 aromatic rings. The molecule has 3 nitrogen and oxygen atoms in total. The van der Waals surface area contributed by atoms with E-state index in [-0.39, 0.29) is 17.2 Å². The number of aromatic nitrogens is 1. The van der Waals surface area contributed by atoms with Crippen LogP contribution < -0.4 is 10.3 Å². The minimum Gasteiger partial charge on any atom is -0.371 e. The fourth-order valence-electron chi connectivity index (χ4n) is 4.56. The predicted octanol–water partition coefficient (Wildman–Crippen LogP) is 5.16. The van der Waals surface area contributed by atoms with Gasteiger partial charge in [-0.1, -0.05) is 69.7 Å². The molecule has 2 aromatic carbocycles. The van der Waals surface area contributed by atoms with Crippen LogP contribution in [0.1, 0.15) is 63.6 Å². The summed E-state index contributed by atoms with van der Waals surface area (Å²) in [6, 6.07) is 16.8. The number of nitrogens with zero attached hydrogens (tertiary/aromatic N) is 1. The first-order valence-corrected chi connectivity index (χ1v) is 10.0. The lowest BCUT2D eigenvalue weighted by molar-refractivity contribution is -0.753. The smallest absolute Gasteiger partial charge is 0.371 e. The van der Waals surface area contributed by atoms with Crippen molar-refractivity contribution in [2.24, 2.45) is 5.92 Å². The molecule has 0 amide bonds. The zero-order valence-electron chi connectivity index (χ0n) is 16.4. The topological polar surface area (TPSA) is 34.1 Å². The highest BCUT2D eigenvalue weighted by atomic mass is 16.4. The van der Waals surface area contributed by atoms with Crippen molar-refractivity contribution in [1.82, 2.24) is 0 Å². The fourth-order valence-corrected chi connectivity index (χ4v) is 4.56. The molecule has 1 aliphatic carbocycles. The Morgan fingerprint density at radius 3 is 2.48 bits per heavy atom. The van der Waals surface area contributed by atoms with Crippen molar-refractivity contribution >= 4 is 11.0 Å². The molecule has 1 fully saturated rings. The Balaban J connectivity index is 1.85. The van der Waals surface area contributed by atoms with Crippen molar-refractivity contribution in [1.29, 1.82) is 0 Å². The van der Waals surface area contributed by atoms with Gasteiger partial charge in [0.25, 0.3) is 0 Å². The van der Waals surface area contributed by atoms with Crippen molar-refractivity contribution in [3.05, 3.63) is 76.4 Å². The lowest BCUT2D eigenvalue weighted by atomic mass is 9.77. The minimum atomic E-state index is -0.249. The first-order chi connectivity index (χ1) is 13.0. The summed E-state index contributed by atoms with van der Waals surface area (Å²) in [7, 11) is 0. The van der Waals surface area contributed by atoms with Crippen molar-refractivity contribution < 1.29 is 8.98 Å². The third-order valence-electron chi connectivity index (χ3n) is 6.32. The summed E-state index contributed by atoms with van der Waals surface area (Å²) in [6.45, 7) is 6.61. The summed E-state index contributed by atoms with van der Waals surface area (Å²) < 4.78 is 7.78. The van der Waals surface area contributed by atoms with Crippen LogP contribution in [0.5, 0.6) is 0 Å². The second-order valence-corrected chi connectivity index (χ2v) is 8.45. The van der Waals surface area contributed by atoms with E-state index in [1.165, 1.54) is 24.8 Å². The minimum absolute atomic E-state index is 0.238. The largest absolute Gasteiger partial charge is 0.602 e. The van der Waals surface area contributed by atoms with E-state index < -0.39 is 0 Å². The Bertz CT molecular complexity index is 1000. The lowest BCUT2D eigenvalue weighted by Gasteiger charge is -2.26. The highest BCUT2D eigenvalue weighted by Gasteiger charge is 2.33. The van der Waals surface area contributed by atoms with Crippen LogP contribution in [0.3, 0.4) is 0 Å². The summed E-state index contributed by atoms with van der Waals surface area (Å²) in [4.78, 5) is 12.9. The number of hydrogen-bond donors (Lipinski definition) is 0. The fraction of sp³-hybridized carbons (Fsp3) is 0.417. The number of hydrogen-bond acceptors (Lipinski definition) is 2. The summed E-state index contributed by atoms with van der Waals surface area (Å²) >= 11 is 0. The molecule has 0 spiro atoms. The number of para-hydroxylation sites is 1. The summed E-state index contributed by atoms with van der Waals surface area (Å²) in [5.41, 5.74) is 2.71. The maximum absolute atomic E-state index is 12.9. The molecule has 2 atom stereocenters. The zero-order chi connectivity index (χ0) is 19.0. The first kappa shape index (κ1) is 18.0. The van der Waals surface area contributed by atoms with Crippen LogP contribution in [0, 0.1) is 5.92 Å². The monoisotopic (exact) mass is 362 g/mol. The normalized spacial score (nSPS) is 20.7. The average Bonchev–Trinajstić information content (AvgIpc) is 2.68. The molecule has 1 aliphatic rings. The molecule has 1 aromatic heterocycles. The zero-order valence-corrected chi connectivity index (χ0v) is 16.4. The van der Waals surface area contributed by atoms with Crippen LogP contribution >= 0.6 is 0 Å². The van der Waals surface area contributed by atoms with Gasteiger partial charge in [0.15, 0.2) is 17.8 Å². The van der Waals surface area contributed by atoms with Gasteiger partial charge in [0.1, 0.15) is 0 Å². The quantitative estimate of drug-likeness (QED) is 0.603. The highest BCUT2D eigenvalue weighted by Crippen LogP contribution is 2.35. The summed E-state index contributed by atoms with van der Waals surface area (Å²) in [5.74, 6) is 0.269. The molecule has 1 saturated carbocycles. The van der Waals surface area contributed by atoms with E-state index in [4.69, 9.17) is 4.42 Å². The molecule has 0 saturated heterocycles. The van der Waals surface area contributed by atoms with Crippen LogP contribution in [0.25, 0.3) is 11.0 Å². The second kappa shape index (κ2) is 6.95. The third-order valence-corrected chi connectivity index (χ3v) is 6.32. The molecule has 2 unspecified atom stereocenters. The van der Waals surface area contributed by atoms with Gasteiger partial charge in [-0.3, -0.25) is 0 Å². The maximum Gasteiger partial charge on any atom is 0.602 e. The van der Waals surface area contributed by atoms with E-state index in [1.807, 2.05) is 22.9 Å². The van der Waals surface area contributed by atoms with E-state index in [9.17, 15) is 4.79 Å². The number of rotatable bonds is 3. The van der Waals surface area contributed by atoms with Crippen LogP contribution in [0.2, 0.25) is 0 Å². The Hall–Kier alpha value is -2.42. The van der Waals surface area contributed by atoms with Gasteiger partial charge in [0.05, 0.1) is 5.39 Å². The molecule has 0 aliphatic heterocycles.